The molecular formula is C16H18ClN3O3S2. The molecule has 0 spiro atoms. The van der Waals surface area contributed by atoms with Crippen molar-refractivity contribution in [3.63, 3.8) is 0 Å². The maximum absolute atomic E-state index is 11.9. The van der Waals surface area contributed by atoms with Crippen molar-refractivity contribution in [1.82, 2.24) is 15.6 Å². The molecule has 2 amide bonds. The number of hydrogen-bond donors (Lipinski definition) is 2. The number of benzene rings is 1. The van der Waals surface area contributed by atoms with E-state index in [-0.39, 0.29) is 23.6 Å². The van der Waals surface area contributed by atoms with Crippen LogP contribution in [0.2, 0.25) is 5.02 Å². The average molecular weight is 400 g/mol. The van der Waals surface area contributed by atoms with Crippen LogP contribution in [0.1, 0.15) is 16.3 Å². The summed E-state index contributed by atoms with van der Waals surface area (Å²) >= 11 is 7.42. The van der Waals surface area contributed by atoms with E-state index in [1.54, 1.807) is 0 Å². The molecule has 1 aliphatic rings. The first-order valence-corrected chi connectivity index (χ1v) is 10.8. The number of rotatable bonds is 4. The van der Waals surface area contributed by atoms with Gasteiger partial charge in [-0.2, -0.15) is 0 Å². The molecule has 2 aromatic rings. The zero-order chi connectivity index (χ0) is 18.0. The normalized spacial score (nSPS) is 18.9. The zero-order valence-electron chi connectivity index (χ0n) is 13.6. The third-order valence-corrected chi connectivity index (χ3v) is 6.92. The van der Waals surface area contributed by atoms with E-state index in [4.69, 9.17) is 11.6 Å². The molecule has 1 aromatic carbocycles. The van der Waals surface area contributed by atoms with Gasteiger partial charge in [-0.3, -0.25) is 0 Å². The molecule has 6 nitrogen and oxygen atoms in total. The molecule has 2 N–H and O–H groups in total. The van der Waals surface area contributed by atoms with E-state index in [0.717, 1.165) is 21.1 Å². The number of nitrogens with one attached hydrogen (secondary N) is 2. The molecule has 1 aromatic heterocycles. The molecule has 1 aliphatic heterocycles. The summed E-state index contributed by atoms with van der Waals surface area (Å²) in [5, 5.41) is 6.89. The molecule has 25 heavy (non-hydrogen) atoms. The summed E-state index contributed by atoms with van der Waals surface area (Å²) in [7, 11) is -3.01. The van der Waals surface area contributed by atoms with E-state index in [1.807, 2.05) is 31.2 Å². The van der Waals surface area contributed by atoms with Crippen LogP contribution in [-0.4, -0.2) is 37.0 Å². The van der Waals surface area contributed by atoms with Gasteiger partial charge in [0.15, 0.2) is 9.84 Å². The lowest BCUT2D eigenvalue weighted by Crippen LogP contribution is -2.42. The first kappa shape index (κ1) is 18.2. The number of carbonyl (C=O) groups is 1. The summed E-state index contributed by atoms with van der Waals surface area (Å²) in [6.07, 6.45) is 0.465. The number of urea groups is 1. The highest BCUT2D eigenvalue weighted by molar-refractivity contribution is 7.91. The summed E-state index contributed by atoms with van der Waals surface area (Å²) in [5.74, 6) is 0.144. The van der Waals surface area contributed by atoms with Gasteiger partial charge in [-0.15, -0.1) is 11.3 Å². The number of aromatic nitrogens is 1. The van der Waals surface area contributed by atoms with Crippen LogP contribution in [0.25, 0.3) is 11.3 Å². The molecule has 0 radical (unpaired) electrons. The molecule has 9 heteroatoms. The smallest absolute Gasteiger partial charge is 0.315 e. The van der Waals surface area contributed by atoms with Crippen LogP contribution in [-0.2, 0) is 16.4 Å². The highest BCUT2D eigenvalue weighted by atomic mass is 35.5. The number of sulfone groups is 1. The number of aryl methyl sites for hydroxylation is 1. The van der Waals surface area contributed by atoms with Crippen molar-refractivity contribution >= 4 is 38.8 Å². The Bertz CT molecular complexity index is 879. The van der Waals surface area contributed by atoms with Gasteiger partial charge in [-0.1, -0.05) is 23.7 Å². The van der Waals surface area contributed by atoms with Gasteiger partial charge in [-0.05, 0) is 25.5 Å². The van der Waals surface area contributed by atoms with Gasteiger partial charge >= 0.3 is 6.03 Å². The number of halogens is 1. The fraction of sp³-hybridized carbons (Fsp3) is 0.375. The Morgan fingerprint density at radius 1 is 1.36 bits per heavy atom. The van der Waals surface area contributed by atoms with Crippen LogP contribution < -0.4 is 10.6 Å². The highest BCUT2D eigenvalue weighted by Gasteiger charge is 2.28. The monoisotopic (exact) mass is 399 g/mol. The Balaban J connectivity index is 1.58. The van der Waals surface area contributed by atoms with Gasteiger partial charge in [0, 0.05) is 21.5 Å². The van der Waals surface area contributed by atoms with E-state index in [1.165, 1.54) is 11.3 Å². The van der Waals surface area contributed by atoms with E-state index < -0.39 is 9.84 Å². The Labute approximate surface area is 155 Å². The lowest BCUT2D eigenvalue weighted by molar-refractivity contribution is 0.237. The average Bonchev–Trinajstić information content (AvgIpc) is 3.08. The molecule has 134 valence electrons. The maximum atomic E-state index is 11.9. The van der Waals surface area contributed by atoms with Crippen molar-refractivity contribution in [2.45, 2.75) is 25.9 Å². The Kier molecular flexibility index (Phi) is 5.31. The minimum atomic E-state index is -3.01. The van der Waals surface area contributed by atoms with Crippen molar-refractivity contribution in [2.75, 3.05) is 11.5 Å². The second kappa shape index (κ2) is 7.31. The summed E-state index contributed by atoms with van der Waals surface area (Å²) in [4.78, 5) is 17.6. The van der Waals surface area contributed by atoms with Gasteiger partial charge in [0.25, 0.3) is 0 Å². The zero-order valence-corrected chi connectivity index (χ0v) is 16.0. The highest BCUT2D eigenvalue weighted by Crippen LogP contribution is 2.28. The van der Waals surface area contributed by atoms with Gasteiger partial charge in [0.1, 0.15) is 5.01 Å². The largest absolute Gasteiger partial charge is 0.334 e. The second-order valence-corrected chi connectivity index (χ2v) is 9.90. The topological polar surface area (TPSA) is 88.2 Å². The van der Waals surface area contributed by atoms with Crippen molar-refractivity contribution in [3.8, 4) is 11.3 Å². The SMILES string of the molecule is Cc1sc(CNC(=O)NC2CCS(=O)(=O)C2)nc1-c1ccc(Cl)cc1. The molecule has 1 unspecified atom stereocenters. The molecule has 2 heterocycles. The Hall–Kier alpha value is -1.64. The van der Waals surface area contributed by atoms with E-state index in [2.05, 4.69) is 15.6 Å². The number of nitrogens with zero attached hydrogens (tertiary/aromatic N) is 1. The van der Waals surface area contributed by atoms with E-state index in [0.29, 0.717) is 18.0 Å². The molecule has 1 saturated heterocycles. The van der Waals surface area contributed by atoms with Crippen molar-refractivity contribution in [2.24, 2.45) is 0 Å². The van der Waals surface area contributed by atoms with Crippen LogP contribution in [0.4, 0.5) is 4.79 Å². The quantitative estimate of drug-likeness (QED) is 0.827. The third kappa shape index (κ3) is 4.71. The number of thiazole rings is 1. The minimum absolute atomic E-state index is 0.0114. The second-order valence-electron chi connectivity index (χ2n) is 5.95. The van der Waals surface area contributed by atoms with E-state index >= 15 is 0 Å². The van der Waals surface area contributed by atoms with Crippen molar-refractivity contribution in [3.05, 3.63) is 39.2 Å². The summed E-state index contributed by atoms with van der Waals surface area (Å²) < 4.78 is 22.8. The molecule has 3 rings (SSSR count). The molecule has 0 aliphatic carbocycles. The molecular weight excluding hydrogens is 382 g/mol. The predicted octanol–water partition coefficient (Wildman–Crippen LogP) is 2.76. The van der Waals surface area contributed by atoms with Crippen LogP contribution in [0.5, 0.6) is 0 Å². The standard InChI is InChI=1S/C16H18ClN3O3S2/c1-10-15(11-2-4-12(17)5-3-11)20-14(24-10)8-18-16(21)19-13-6-7-25(22,23)9-13/h2-5,13H,6-9H2,1H3,(H2,18,19,21). The number of amides is 2. The minimum Gasteiger partial charge on any atom is -0.334 e. The fourth-order valence-electron chi connectivity index (χ4n) is 2.70. The Morgan fingerprint density at radius 2 is 2.08 bits per heavy atom. The number of hydrogen-bond acceptors (Lipinski definition) is 5. The van der Waals surface area contributed by atoms with Gasteiger partial charge in [-0.25, -0.2) is 18.2 Å². The summed E-state index contributed by atoms with van der Waals surface area (Å²) in [5.41, 5.74) is 1.85. The third-order valence-electron chi connectivity index (χ3n) is 3.93. The summed E-state index contributed by atoms with van der Waals surface area (Å²) in [6.45, 7) is 2.28. The predicted molar refractivity (Wildman–Crippen MR) is 99.7 cm³/mol. The first-order chi connectivity index (χ1) is 11.8. The summed E-state index contributed by atoms with van der Waals surface area (Å²) in [6, 6.07) is 6.77. The lowest BCUT2D eigenvalue weighted by Gasteiger charge is -2.11. The van der Waals surface area contributed by atoms with Crippen LogP contribution in [0.3, 0.4) is 0 Å². The van der Waals surface area contributed by atoms with Crippen molar-refractivity contribution in [1.29, 1.82) is 0 Å². The molecule has 1 fully saturated rings. The Morgan fingerprint density at radius 3 is 2.72 bits per heavy atom. The molecule has 0 bridgehead atoms. The van der Waals surface area contributed by atoms with Gasteiger partial charge < -0.3 is 10.6 Å². The lowest BCUT2D eigenvalue weighted by atomic mass is 10.1. The first-order valence-electron chi connectivity index (χ1n) is 7.79. The van der Waals surface area contributed by atoms with Gasteiger partial charge in [0.05, 0.1) is 23.7 Å². The van der Waals surface area contributed by atoms with Gasteiger partial charge in [0.2, 0.25) is 0 Å². The fourth-order valence-corrected chi connectivity index (χ4v) is 5.40. The van der Waals surface area contributed by atoms with E-state index in [9.17, 15) is 13.2 Å². The maximum Gasteiger partial charge on any atom is 0.315 e. The van der Waals surface area contributed by atoms with Crippen LogP contribution in [0.15, 0.2) is 24.3 Å². The number of carbonyl (C=O) groups excluding carboxylic acids is 1. The van der Waals surface area contributed by atoms with Crippen molar-refractivity contribution < 1.29 is 13.2 Å². The van der Waals surface area contributed by atoms with Crippen LogP contribution >= 0.6 is 22.9 Å². The van der Waals surface area contributed by atoms with Crippen LogP contribution in [0, 0.1) is 6.92 Å². The molecule has 0 saturated carbocycles. The molecule has 1 atom stereocenters.